The van der Waals surface area contributed by atoms with E-state index in [-0.39, 0.29) is 6.10 Å². The maximum absolute atomic E-state index is 5.67. The van der Waals surface area contributed by atoms with E-state index in [0.29, 0.717) is 0 Å². The molecule has 0 fully saturated rings. The van der Waals surface area contributed by atoms with E-state index in [4.69, 9.17) is 9.47 Å². The Balaban J connectivity index is 2.21. The molecule has 0 aliphatic heterocycles. The highest BCUT2D eigenvalue weighted by molar-refractivity contribution is 5.79. The van der Waals surface area contributed by atoms with Crippen LogP contribution >= 0.6 is 0 Å². The molecule has 0 aromatic heterocycles. The predicted octanol–water partition coefficient (Wildman–Crippen LogP) is 2.15. The van der Waals surface area contributed by atoms with E-state index in [1.54, 1.807) is 14.2 Å². The van der Waals surface area contributed by atoms with Gasteiger partial charge in [0.1, 0.15) is 5.75 Å². The molecule has 26 heavy (non-hydrogen) atoms. The van der Waals surface area contributed by atoms with Crippen LogP contribution in [-0.4, -0.2) is 71.0 Å². The lowest BCUT2D eigenvalue weighted by atomic mass is 10.1. The van der Waals surface area contributed by atoms with Crippen molar-refractivity contribution in [2.24, 2.45) is 4.99 Å². The van der Waals surface area contributed by atoms with Gasteiger partial charge in [-0.05, 0) is 51.4 Å². The molecule has 6 nitrogen and oxygen atoms in total. The van der Waals surface area contributed by atoms with Gasteiger partial charge in [-0.25, -0.2) is 0 Å². The largest absolute Gasteiger partial charge is 0.491 e. The van der Waals surface area contributed by atoms with E-state index in [1.807, 2.05) is 26.0 Å². The number of ether oxygens (including phenoxy) is 2. The molecule has 0 heterocycles. The van der Waals surface area contributed by atoms with Crippen molar-refractivity contribution in [3.05, 3.63) is 29.8 Å². The topological polar surface area (TPSA) is 58.1 Å². The lowest BCUT2D eigenvalue weighted by Gasteiger charge is -2.18. The molecule has 1 rings (SSSR count). The number of hydrogen-bond donors (Lipinski definition) is 2. The monoisotopic (exact) mass is 364 g/mol. The molecule has 0 radical (unpaired) electrons. The summed E-state index contributed by atoms with van der Waals surface area (Å²) in [6, 6.07) is 8.29. The van der Waals surface area contributed by atoms with Crippen LogP contribution in [0.4, 0.5) is 0 Å². The molecule has 0 aliphatic rings. The molecule has 1 aromatic rings. The zero-order chi connectivity index (χ0) is 19.2. The normalized spacial score (nSPS) is 11.9. The average Bonchev–Trinajstić information content (AvgIpc) is 2.61. The Morgan fingerprint density at radius 1 is 1.12 bits per heavy atom. The summed E-state index contributed by atoms with van der Waals surface area (Å²) < 4.78 is 10.7. The number of hydrogen-bond acceptors (Lipinski definition) is 4. The molecule has 0 amide bonds. The maximum Gasteiger partial charge on any atom is 0.191 e. The zero-order valence-electron chi connectivity index (χ0n) is 17.0. The second-order valence-corrected chi connectivity index (χ2v) is 6.64. The van der Waals surface area contributed by atoms with Crippen molar-refractivity contribution in [2.75, 3.05) is 54.0 Å². The first-order valence-electron chi connectivity index (χ1n) is 9.42. The van der Waals surface area contributed by atoms with Gasteiger partial charge >= 0.3 is 0 Å². The van der Waals surface area contributed by atoms with Crippen LogP contribution in [0.25, 0.3) is 0 Å². The Labute approximate surface area is 159 Å². The van der Waals surface area contributed by atoms with Gasteiger partial charge in [0, 0.05) is 46.9 Å². The van der Waals surface area contributed by atoms with Crippen molar-refractivity contribution in [1.82, 2.24) is 15.5 Å². The summed E-state index contributed by atoms with van der Waals surface area (Å²) in [6.45, 7) is 8.60. The number of aliphatic imine (C=N–C) groups is 1. The fraction of sp³-hybridized carbons (Fsp3) is 0.650. The molecular weight excluding hydrogens is 328 g/mol. The van der Waals surface area contributed by atoms with Crippen molar-refractivity contribution in [3.63, 3.8) is 0 Å². The van der Waals surface area contributed by atoms with Crippen molar-refractivity contribution in [3.8, 4) is 5.75 Å². The first-order chi connectivity index (χ1) is 12.5. The van der Waals surface area contributed by atoms with Gasteiger partial charge in [-0.15, -0.1) is 0 Å². The smallest absolute Gasteiger partial charge is 0.191 e. The second-order valence-electron chi connectivity index (χ2n) is 6.64. The molecule has 0 saturated carbocycles. The number of likely N-dealkylation sites (N-methyl/N-ethyl adjacent to an activating group) is 1. The highest BCUT2D eigenvalue weighted by Crippen LogP contribution is 2.13. The minimum absolute atomic E-state index is 0.205. The van der Waals surface area contributed by atoms with Gasteiger partial charge < -0.3 is 25.0 Å². The molecule has 0 spiro atoms. The van der Waals surface area contributed by atoms with Gasteiger partial charge in [0.2, 0.25) is 0 Å². The van der Waals surface area contributed by atoms with Crippen LogP contribution in [0.15, 0.2) is 29.3 Å². The summed E-state index contributed by atoms with van der Waals surface area (Å²) in [7, 11) is 5.67. The maximum atomic E-state index is 5.67. The van der Waals surface area contributed by atoms with Crippen LogP contribution in [0.3, 0.4) is 0 Å². The van der Waals surface area contributed by atoms with Crippen molar-refractivity contribution >= 4 is 5.96 Å². The van der Waals surface area contributed by atoms with Crippen LogP contribution in [-0.2, 0) is 11.2 Å². The summed E-state index contributed by atoms with van der Waals surface area (Å²) in [5.41, 5.74) is 1.28. The molecule has 0 saturated heterocycles. The predicted molar refractivity (Wildman–Crippen MR) is 109 cm³/mol. The van der Waals surface area contributed by atoms with Crippen molar-refractivity contribution < 1.29 is 9.47 Å². The number of rotatable bonds is 12. The SMILES string of the molecule is CN=C(NCCc1ccc(OC(C)C)cc1)NCCN(C)CCCOC. The van der Waals surface area contributed by atoms with E-state index in [1.165, 1.54) is 5.56 Å². The van der Waals surface area contributed by atoms with Gasteiger partial charge in [-0.3, -0.25) is 4.99 Å². The zero-order valence-corrected chi connectivity index (χ0v) is 17.0. The molecule has 6 heteroatoms. The highest BCUT2D eigenvalue weighted by atomic mass is 16.5. The highest BCUT2D eigenvalue weighted by Gasteiger charge is 2.02. The number of guanidine groups is 1. The van der Waals surface area contributed by atoms with Crippen LogP contribution in [0.1, 0.15) is 25.8 Å². The molecule has 0 atom stereocenters. The van der Waals surface area contributed by atoms with Crippen LogP contribution < -0.4 is 15.4 Å². The first-order valence-corrected chi connectivity index (χ1v) is 9.42. The summed E-state index contributed by atoms with van der Waals surface area (Å²) in [4.78, 5) is 6.57. The standard InChI is InChI=1S/C20H36N4O2/c1-17(2)26-19-9-7-18(8-10-19)11-12-22-20(21-3)23-13-15-24(4)14-6-16-25-5/h7-10,17H,6,11-16H2,1-5H3,(H2,21,22,23). The van der Waals surface area contributed by atoms with Crippen LogP contribution in [0.5, 0.6) is 5.75 Å². The van der Waals surface area contributed by atoms with Crippen LogP contribution in [0.2, 0.25) is 0 Å². The van der Waals surface area contributed by atoms with E-state index >= 15 is 0 Å². The van der Waals surface area contributed by atoms with Gasteiger partial charge in [0.15, 0.2) is 5.96 Å². The Kier molecular flexibility index (Phi) is 11.5. The third-order valence-electron chi connectivity index (χ3n) is 3.90. The Morgan fingerprint density at radius 2 is 1.81 bits per heavy atom. The van der Waals surface area contributed by atoms with E-state index in [9.17, 15) is 0 Å². The molecular formula is C20H36N4O2. The van der Waals surface area contributed by atoms with Gasteiger partial charge in [0.25, 0.3) is 0 Å². The average molecular weight is 365 g/mol. The molecule has 0 unspecified atom stereocenters. The quantitative estimate of drug-likeness (QED) is 0.338. The number of nitrogens with zero attached hydrogens (tertiary/aromatic N) is 2. The summed E-state index contributed by atoms with van der Waals surface area (Å²) in [5.74, 6) is 1.76. The van der Waals surface area contributed by atoms with Crippen LogP contribution in [0, 0.1) is 0 Å². The number of nitrogens with one attached hydrogen (secondary N) is 2. The molecule has 148 valence electrons. The van der Waals surface area contributed by atoms with E-state index < -0.39 is 0 Å². The first kappa shape index (κ1) is 22.3. The van der Waals surface area contributed by atoms with Gasteiger partial charge in [0.05, 0.1) is 6.10 Å². The van der Waals surface area contributed by atoms with E-state index in [0.717, 1.165) is 57.3 Å². The fourth-order valence-corrected chi connectivity index (χ4v) is 2.51. The third-order valence-corrected chi connectivity index (χ3v) is 3.90. The van der Waals surface area contributed by atoms with Crippen molar-refractivity contribution in [1.29, 1.82) is 0 Å². The van der Waals surface area contributed by atoms with E-state index in [2.05, 4.69) is 39.7 Å². The second kappa shape index (κ2) is 13.4. The number of benzene rings is 1. The number of methoxy groups -OCH3 is 1. The van der Waals surface area contributed by atoms with Gasteiger partial charge in [-0.1, -0.05) is 12.1 Å². The Bertz CT molecular complexity index is 503. The molecule has 2 N–H and O–H groups in total. The molecule has 0 bridgehead atoms. The summed E-state index contributed by atoms with van der Waals surface area (Å²) >= 11 is 0. The molecule has 0 aliphatic carbocycles. The van der Waals surface area contributed by atoms with Gasteiger partial charge in [-0.2, -0.15) is 0 Å². The fourth-order valence-electron chi connectivity index (χ4n) is 2.51. The lowest BCUT2D eigenvalue weighted by Crippen LogP contribution is -2.41. The Hall–Kier alpha value is -1.79. The lowest BCUT2D eigenvalue weighted by molar-refractivity contribution is 0.180. The molecule has 1 aromatic carbocycles. The Morgan fingerprint density at radius 3 is 2.42 bits per heavy atom. The minimum Gasteiger partial charge on any atom is -0.491 e. The van der Waals surface area contributed by atoms with Crippen molar-refractivity contribution in [2.45, 2.75) is 32.8 Å². The third kappa shape index (κ3) is 10.3. The minimum atomic E-state index is 0.205. The summed E-state index contributed by atoms with van der Waals surface area (Å²) in [6.07, 6.45) is 2.21. The summed E-state index contributed by atoms with van der Waals surface area (Å²) in [5, 5.41) is 6.71.